The summed E-state index contributed by atoms with van der Waals surface area (Å²) in [7, 11) is -1.46. The van der Waals surface area contributed by atoms with Crippen molar-refractivity contribution in [2.45, 2.75) is 24.7 Å². The molecule has 136 valence electrons. The highest BCUT2D eigenvalue weighted by Gasteiger charge is 2.28. The van der Waals surface area contributed by atoms with E-state index in [2.05, 4.69) is 26.9 Å². The summed E-state index contributed by atoms with van der Waals surface area (Å²) in [6.07, 6.45) is 0. The molecular formula is C19H21ClN4OS. The maximum absolute atomic E-state index is 12.7. The van der Waals surface area contributed by atoms with Crippen LogP contribution in [0, 0.1) is 0 Å². The molecule has 7 heteroatoms. The molecule has 1 aliphatic heterocycles. The Labute approximate surface area is 161 Å². The fourth-order valence-electron chi connectivity index (χ4n) is 2.81. The van der Waals surface area contributed by atoms with E-state index in [0.29, 0.717) is 29.0 Å². The van der Waals surface area contributed by atoms with Gasteiger partial charge in [-0.15, -0.1) is 0 Å². The SMILES string of the molecule is CCN=C(NS(=O)c1cccc(Cl)c1)N1CC(c2ccccc2)C(C)=N1. The van der Waals surface area contributed by atoms with Gasteiger partial charge < -0.3 is 0 Å². The van der Waals surface area contributed by atoms with Gasteiger partial charge in [-0.3, -0.25) is 9.71 Å². The lowest BCUT2D eigenvalue weighted by Gasteiger charge is -2.19. The van der Waals surface area contributed by atoms with Crippen molar-refractivity contribution in [1.82, 2.24) is 9.73 Å². The quantitative estimate of drug-likeness (QED) is 0.639. The van der Waals surface area contributed by atoms with Gasteiger partial charge in [0, 0.05) is 23.2 Å². The van der Waals surface area contributed by atoms with Crippen LogP contribution in [-0.2, 0) is 11.0 Å². The van der Waals surface area contributed by atoms with E-state index in [0.717, 1.165) is 5.71 Å². The molecule has 1 aliphatic rings. The van der Waals surface area contributed by atoms with E-state index in [-0.39, 0.29) is 5.92 Å². The Bertz CT molecular complexity index is 854. The zero-order chi connectivity index (χ0) is 18.5. The third-order valence-corrected chi connectivity index (χ3v) is 5.37. The molecule has 1 N–H and O–H groups in total. The molecule has 3 rings (SSSR count). The van der Waals surface area contributed by atoms with Crippen LogP contribution in [0.5, 0.6) is 0 Å². The molecule has 0 spiro atoms. The summed E-state index contributed by atoms with van der Waals surface area (Å²) in [5, 5.41) is 6.96. The number of halogens is 1. The first-order chi connectivity index (χ1) is 12.6. The Morgan fingerprint density at radius 1 is 1.31 bits per heavy atom. The molecule has 0 aliphatic carbocycles. The standard InChI is InChI=1S/C19H21ClN4OS/c1-3-21-19(23-26(25)17-11-7-10-16(20)12-17)24-13-18(14(2)22-24)15-8-5-4-6-9-15/h4-12,18H,3,13H2,1-2H3,(H,21,23). The van der Waals surface area contributed by atoms with Gasteiger partial charge in [-0.05, 0) is 37.6 Å². The largest absolute Gasteiger partial charge is 0.270 e. The first-order valence-corrected chi connectivity index (χ1v) is 9.97. The third-order valence-electron chi connectivity index (χ3n) is 4.09. The van der Waals surface area contributed by atoms with E-state index in [1.807, 2.05) is 32.0 Å². The number of hydrazone groups is 1. The van der Waals surface area contributed by atoms with Crippen LogP contribution < -0.4 is 4.72 Å². The molecule has 0 amide bonds. The molecule has 2 aromatic carbocycles. The van der Waals surface area contributed by atoms with Crippen LogP contribution in [0.3, 0.4) is 0 Å². The number of hydrogen-bond acceptors (Lipinski definition) is 3. The molecule has 26 heavy (non-hydrogen) atoms. The van der Waals surface area contributed by atoms with Crippen LogP contribution in [0.25, 0.3) is 0 Å². The van der Waals surface area contributed by atoms with Gasteiger partial charge in [0.15, 0.2) is 11.0 Å². The van der Waals surface area contributed by atoms with E-state index in [9.17, 15) is 4.21 Å². The zero-order valence-corrected chi connectivity index (χ0v) is 16.3. The van der Waals surface area contributed by atoms with Crippen LogP contribution in [0.1, 0.15) is 25.3 Å². The Morgan fingerprint density at radius 3 is 2.77 bits per heavy atom. The van der Waals surface area contributed by atoms with Crippen molar-refractivity contribution in [2.75, 3.05) is 13.1 Å². The first-order valence-electron chi connectivity index (χ1n) is 8.44. The van der Waals surface area contributed by atoms with Gasteiger partial charge in [0.2, 0.25) is 5.96 Å². The lowest BCUT2D eigenvalue weighted by atomic mass is 9.96. The van der Waals surface area contributed by atoms with Gasteiger partial charge in [0.05, 0.1) is 11.4 Å². The summed E-state index contributed by atoms with van der Waals surface area (Å²) in [5.41, 5.74) is 2.22. The molecule has 2 aromatic rings. The second kappa shape index (κ2) is 8.47. The molecule has 2 unspecified atom stereocenters. The monoisotopic (exact) mass is 388 g/mol. The van der Waals surface area contributed by atoms with E-state index in [4.69, 9.17) is 11.6 Å². The molecule has 0 saturated heterocycles. The highest BCUT2D eigenvalue weighted by molar-refractivity contribution is 7.83. The van der Waals surface area contributed by atoms with Crippen LogP contribution in [0.4, 0.5) is 0 Å². The van der Waals surface area contributed by atoms with Crippen molar-refractivity contribution in [3.63, 3.8) is 0 Å². The van der Waals surface area contributed by atoms with E-state index in [1.165, 1.54) is 5.56 Å². The molecule has 0 aromatic heterocycles. The summed E-state index contributed by atoms with van der Waals surface area (Å²) in [4.78, 5) is 5.05. The van der Waals surface area contributed by atoms with Gasteiger partial charge in [-0.1, -0.05) is 48.0 Å². The van der Waals surface area contributed by atoms with Gasteiger partial charge in [-0.2, -0.15) is 5.10 Å². The van der Waals surface area contributed by atoms with Crippen molar-refractivity contribution < 1.29 is 4.21 Å². The van der Waals surface area contributed by atoms with Crippen molar-refractivity contribution in [2.24, 2.45) is 10.1 Å². The van der Waals surface area contributed by atoms with E-state index < -0.39 is 11.0 Å². The Hall–Kier alpha value is -2.18. The number of aliphatic imine (C=N–C) groups is 1. The summed E-state index contributed by atoms with van der Waals surface area (Å²) >= 11 is 6.00. The molecule has 0 radical (unpaired) electrons. The average Bonchev–Trinajstić information content (AvgIpc) is 3.03. The maximum atomic E-state index is 12.7. The molecule has 2 atom stereocenters. The van der Waals surface area contributed by atoms with Gasteiger partial charge in [-0.25, -0.2) is 9.22 Å². The van der Waals surface area contributed by atoms with E-state index >= 15 is 0 Å². The summed E-state index contributed by atoms with van der Waals surface area (Å²) in [6, 6.07) is 17.2. The number of benzene rings is 2. The van der Waals surface area contributed by atoms with Gasteiger partial charge in [0.1, 0.15) is 0 Å². The molecule has 5 nitrogen and oxygen atoms in total. The summed E-state index contributed by atoms with van der Waals surface area (Å²) < 4.78 is 15.6. The number of nitrogens with zero attached hydrogens (tertiary/aromatic N) is 3. The van der Waals surface area contributed by atoms with Crippen molar-refractivity contribution in [3.05, 3.63) is 65.2 Å². The minimum absolute atomic E-state index is 0.194. The molecule has 0 fully saturated rings. The van der Waals surface area contributed by atoms with E-state index in [1.54, 1.807) is 29.3 Å². The van der Waals surface area contributed by atoms with Crippen molar-refractivity contribution in [3.8, 4) is 0 Å². The van der Waals surface area contributed by atoms with Gasteiger partial charge in [0.25, 0.3) is 0 Å². The highest BCUT2D eigenvalue weighted by Crippen LogP contribution is 2.25. The van der Waals surface area contributed by atoms with Crippen LogP contribution in [0.15, 0.2) is 69.6 Å². The molecule has 1 heterocycles. The normalized spacial score (nSPS) is 18.6. The predicted octanol–water partition coefficient (Wildman–Crippen LogP) is 3.80. The molecular weight excluding hydrogens is 368 g/mol. The lowest BCUT2D eigenvalue weighted by molar-refractivity contribution is 0.463. The summed E-state index contributed by atoms with van der Waals surface area (Å²) in [5.74, 6) is 0.697. The number of nitrogens with one attached hydrogen (secondary N) is 1. The Balaban J connectivity index is 1.77. The maximum Gasteiger partial charge on any atom is 0.227 e. The minimum atomic E-state index is -1.46. The zero-order valence-electron chi connectivity index (χ0n) is 14.7. The third kappa shape index (κ3) is 4.31. The van der Waals surface area contributed by atoms with Crippen molar-refractivity contribution >= 4 is 34.3 Å². The van der Waals surface area contributed by atoms with Crippen LogP contribution >= 0.6 is 11.6 Å². The second-order valence-electron chi connectivity index (χ2n) is 5.91. The minimum Gasteiger partial charge on any atom is -0.270 e. The fraction of sp³-hybridized carbons (Fsp3) is 0.263. The number of rotatable bonds is 4. The summed E-state index contributed by atoms with van der Waals surface area (Å²) in [6.45, 7) is 5.17. The van der Waals surface area contributed by atoms with Crippen LogP contribution in [-0.4, -0.2) is 34.0 Å². The highest BCUT2D eigenvalue weighted by atomic mass is 35.5. The van der Waals surface area contributed by atoms with Crippen LogP contribution in [0.2, 0.25) is 5.02 Å². The molecule has 0 bridgehead atoms. The number of guanidine groups is 1. The number of hydrogen-bond donors (Lipinski definition) is 1. The Kier molecular flexibility index (Phi) is 6.06. The predicted molar refractivity (Wildman–Crippen MR) is 108 cm³/mol. The first kappa shape index (κ1) is 18.6. The smallest absolute Gasteiger partial charge is 0.227 e. The topological polar surface area (TPSA) is 57.1 Å². The average molecular weight is 389 g/mol. The van der Waals surface area contributed by atoms with Gasteiger partial charge >= 0.3 is 0 Å². The second-order valence-corrected chi connectivity index (χ2v) is 7.56. The molecule has 0 saturated carbocycles. The lowest BCUT2D eigenvalue weighted by Crippen LogP contribution is -2.39. The van der Waals surface area contributed by atoms with Crippen molar-refractivity contribution in [1.29, 1.82) is 0 Å². The fourth-order valence-corrected chi connectivity index (χ4v) is 3.96. The Morgan fingerprint density at radius 2 is 2.08 bits per heavy atom.